The van der Waals surface area contributed by atoms with Crippen molar-refractivity contribution in [3.8, 4) is 0 Å². The SMILES string of the molecule is CC(Nc1ccc2oc(=O)[nH]c2c1)c1ccnn1C. The molecule has 0 spiro atoms. The van der Waals surface area contributed by atoms with E-state index in [0.717, 1.165) is 11.4 Å². The van der Waals surface area contributed by atoms with Gasteiger partial charge in [0.15, 0.2) is 5.58 Å². The minimum absolute atomic E-state index is 0.114. The number of rotatable bonds is 3. The second-order valence-electron chi connectivity index (χ2n) is 4.47. The highest BCUT2D eigenvalue weighted by molar-refractivity contribution is 5.76. The second-order valence-corrected chi connectivity index (χ2v) is 4.47. The number of nitrogens with one attached hydrogen (secondary N) is 2. The van der Waals surface area contributed by atoms with Gasteiger partial charge in [0.2, 0.25) is 0 Å². The van der Waals surface area contributed by atoms with E-state index in [4.69, 9.17) is 4.42 Å². The zero-order valence-electron chi connectivity index (χ0n) is 10.7. The van der Waals surface area contributed by atoms with Gasteiger partial charge in [0.05, 0.1) is 17.3 Å². The van der Waals surface area contributed by atoms with Gasteiger partial charge in [-0.3, -0.25) is 9.67 Å². The van der Waals surface area contributed by atoms with Crippen LogP contribution in [0, 0.1) is 0 Å². The molecule has 0 saturated heterocycles. The molecule has 0 bridgehead atoms. The molecule has 2 N–H and O–H groups in total. The van der Waals surface area contributed by atoms with Crippen LogP contribution in [0.4, 0.5) is 5.69 Å². The predicted molar refractivity (Wildman–Crippen MR) is 72.1 cm³/mol. The monoisotopic (exact) mass is 258 g/mol. The number of hydrogen-bond acceptors (Lipinski definition) is 4. The molecule has 3 aromatic rings. The Hall–Kier alpha value is -2.50. The average molecular weight is 258 g/mol. The largest absolute Gasteiger partial charge is 0.417 e. The normalized spacial score (nSPS) is 12.7. The maximum absolute atomic E-state index is 11.1. The topological polar surface area (TPSA) is 75.8 Å². The summed E-state index contributed by atoms with van der Waals surface area (Å²) in [6.45, 7) is 2.05. The summed E-state index contributed by atoms with van der Waals surface area (Å²) >= 11 is 0. The van der Waals surface area contributed by atoms with Crippen molar-refractivity contribution in [1.82, 2.24) is 14.8 Å². The molecule has 6 nitrogen and oxygen atoms in total. The molecule has 98 valence electrons. The fraction of sp³-hybridized carbons (Fsp3) is 0.231. The van der Waals surface area contributed by atoms with E-state index < -0.39 is 5.76 Å². The zero-order chi connectivity index (χ0) is 13.4. The van der Waals surface area contributed by atoms with Crippen molar-refractivity contribution >= 4 is 16.8 Å². The molecule has 1 aromatic carbocycles. The van der Waals surface area contributed by atoms with Gasteiger partial charge in [0.1, 0.15) is 0 Å². The van der Waals surface area contributed by atoms with Crippen LogP contribution in [0.1, 0.15) is 18.7 Å². The molecule has 19 heavy (non-hydrogen) atoms. The van der Waals surface area contributed by atoms with Crippen molar-refractivity contribution in [2.45, 2.75) is 13.0 Å². The Balaban J connectivity index is 1.88. The van der Waals surface area contributed by atoms with Crippen LogP contribution in [-0.2, 0) is 7.05 Å². The van der Waals surface area contributed by atoms with Gasteiger partial charge in [-0.25, -0.2) is 4.79 Å². The minimum atomic E-state index is -0.438. The summed E-state index contributed by atoms with van der Waals surface area (Å²) in [4.78, 5) is 13.7. The molecule has 0 radical (unpaired) electrons. The van der Waals surface area contributed by atoms with Crippen molar-refractivity contribution in [3.05, 3.63) is 46.7 Å². The number of aromatic amines is 1. The number of H-pyrrole nitrogens is 1. The summed E-state index contributed by atoms with van der Waals surface area (Å²) in [6, 6.07) is 7.59. The van der Waals surface area contributed by atoms with Gasteiger partial charge in [-0.1, -0.05) is 0 Å². The van der Waals surface area contributed by atoms with Crippen LogP contribution in [0.15, 0.2) is 39.7 Å². The van der Waals surface area contributed by atoms with E-state index in [1.54, 1.807) is 12.3 Å². The third-order valence-electron chi connectivity index (χ3n) is 3.10. The first-order chi connectivity index (χ1) is 9.13. The highest BCUT2D eigenvalue weighted by atomic mass is 16.4. The maximum Gasteiger partial charge on any atom is 0.417 e. The summed E-state index contributed by atoms with van der Waals surface area (Å²) in [6.07, 6.45) is 1.77. The van der Waals surface area contributed by atoms with Gasteiger partial charge in [-0.15, -0.1) is 0 Å². The van der Waals surface area contributed by atoms with E-state index in [-0.39, 0.29) is 6.04 Å². The van der Waals surface area contributed by atoms with Crippen LogP contribution in [0.2, 0.25) is 0 Å². The van der Waals surface area contributed by atoms with Gasteiger partial charge in [-0.2, -0.15) is 5.10 Å². The predicted octanol–water partition coefficient (Wildman–Crippen LogP) is 2.03. The van der Waals surface area contributed by atoms with Crippen LogP contribution in [-0.4, -0.2) is 14.8 Å². The van der Waals surface area contributed by atoms with Gasteiger partial charge in [0.25, 0.3) is 0 Å². The minimum Gasteiger partial charge on any atom is -0.408 e. The quantitative estimate of drug-likeness (QED) is 0.753. The smallest absolute Gasteiger partial charge is 0.408 e. The number of aryl methyl sites for hydroxylation is 1. The van der Waals surface area contributed by atoms with Crippen LogP contribution in [0.5, 0.6) is 0 Å². The third kappa shape index (κ3) is 2.12. The van der Waals surface area contributed by atoms with Crippen molar-refractivity contribution in [1.29, 1.82) is 0 Å². The van der Waals surface area contributed by atoms with Crippen LogP contribution >= 0.6 is 0 Å². The summed E-state index contributed by atoms with van der Waals surface area (Å²) in [5.74, 6) is -0.438. The molecule has 0 aliphatic carbocycles. The number of hydrogen-bond donors (Lipinski definition) is 2. The van der Waals surface area contributed by atoms with E-state index in [1.165, 1.54) is 0 Å². The first-order valence-electron chi connectivity index (χ1n) is 6.01. The summed E-state index contributed by atoms with van der Waals surface area (Å²) in [7, 11) is 1.91. The Morgan fingerprint density at radius 3 is 3.00 bits per heavy atom. The third-order valence-corrected chi connectivity index (χ3v) is 3.10. The number of nitrogens with zero attached hydrogens (tertiary/aromatic N) is 2. The van der Waals surface area contributed by atoms with E-state index in [1.807, 2.05) is 29.9 Å². The molecule has 0 fully saturated rings. The molecule has 0 aliphatic rings. The molecular weight excluding hydrogens is 244 g/mol. The molecule has 0 amide bonds. The van der Waals surface area contributed by atoms with E-state index in [0.29, 0.717) is 11.1 Å². The first kappa shape index (κ1) is 11.6. The Morgan fingerprint density at radius 2 is 2.26 bits per heavy atom. The number of oxazole rings is 1. The number of aromatic nitrogens is 3. The maximum atomic E-state index is 11.1. The lowest BCUT2D eigenvalue weighted by molar-refractivity contribution is 0.555. The second kappa shape index (κ2) is 4.31. The number of fused-ring (bicyclic) bond motifs is 1. The number of anilines is 1. The van der Waals surface area contributed by atoms with Gasteiger partial charge < -0.3 is 9.73 Å². The fourth-order valence-electron chi connectivity index (χ4n) is 2.17. The molecule has 1 atom stereocenters. The van der Waals surface area contributed by atoms with Crippen molar-refractivity contribution in [2.75, 3.05) is 5.32 Å². The van der Waals surface area contributed by atoms with Gasteiger partial charge in [-0.05, 0) is 31.2 Å². The Labute approximate surface area is 109 Å². The molecular formula is C13H14N4O2. The Bertz CT molecular complexity index is 768. The molecule has 0 saturated carbocycles. The lowest BCUT2D eigenvalue weighted by Gasteiger charge is -2.15. The van der Waals surface area contributed by atoms with Crippen LogP contribution in [0.3, 0.4) is 0 Å². The Kier molecular flexibility index (Phi) is 2.63. The van der Waals surface area contributed by atoms with E-state index in [2.05, 4.69) is 22.3 Å². The molecule has 3 rings (SSSR count). The highest BCUT2D eigenvalue weighted by Crippen LogP contribution is 2.21. The standard InChI is InChI=1S/C13H14N4O2/c1-8(11-5-6-14-17(11)2)15-9-3-4-12-10(7-9)16-13(18)19-12/h3-8,15H,1-2H3,(H,16,18). The average Bonchev–Trinajstić information content (AvgIpc) is 2.93. The van der Waals surface area contributed by atoms with Crippen molar-refractivity contribution in [2.24, 2.45) is 7.05 Å². The molecule has 2 aromatic heterocycles. The van der Waals surface area contributed by atoms with Gasteiger partial charge >= 0.3 is 5.76 Å². The molecule has 6 heteroatoms. The summed E-state index contributed by atoms with van der Waals surface area (Å²) in [5.41, 5.74) is 3.25. The first-order valence-corrected chi connectivity index (χ1v) is 6.01. The molecule has 0 aliphatic heterocycles. The number of benzene rings is 1. The van der Waals surface area contributed by atoms with E-state index >= 15 is 0 Å². The zero-order valence-corrected chi connectivity index (χ0v) is 10.7. The van der Waals surface area contributed by atoms with Crippen molar-refractivity contribution in [3.63, 3.8) is 0 Å². The van der Waals surface area contributed by atoms with Gasteiger partial charge in [0, 0.05) is 18.9 Å². The molecule has 2 heterocycles. The highest BCUT2D eigenvalue weighted by Gasteiger charge is 2.10. The summed E-state index contributed by atoms with van der Waals surface area (Å²) < 4.78 is 6.80. The lowest BCUT2D eigenvalue weighted by Crippen LogP contribution is -2.11. The fourth-order valence-corrected chi connectivity index (χ4v) is 2.17. The van der Waals surface area contributed by atoms with Crippen LogP contribution in [0.25, 0.3) is 11.1 Å². The Morgan fingerprint density at radius 1 is 1.42 bits per heavy atom. The van der Waals surface area contributed by atoms with E-state index in [9.17, 15) is 4.79 Å². The molecule has 1 unspecified atom stereocenters. The van der Waals surface area contributed by atoms with Crippen molar-refractivity contribution < 1.29 is 4.42 Å². The van der Waals surface area contributed by atoms with Crippen LogP contribution < -0.4 is 11.1 Å². The summed E-state index contributed by atoms with van der Waals surface area (Å²) in [5, 5.41) is 7.51. The lowest BCUT2D eigenvalue weighted by atomic mass is 10.2.